The Labute approximate surface area is 113 Å². The minimum absolute atomic E-state index is 0.0637. The van der Waals surface area contributed by atoms with Crippen LogP contribution in [-0.2, 0) is 14.3 Å². The lowest BCUT2D eigenvalue weighted by Crippen LogP contribution is -2.51. The van der Waals surface area contributed by atoms with E-state index in [-0.39, 0.29) is 18.4 Å². The molecule has 1 aliphatic heterocycles. The summed E-state index contributed by atoms with van der Waals surface area (Å²) in [6.07, 6.45) is 3.60. The first-order valence-electron chi connectivity index (χ1n) is 6.94. The van der Waals surface area contributed by atoms with Crippen molar-refractivity contribution in [3.63, 3.8) is 0 Å². The second-order valence-electron chi connectivity index (χ2n) is 5.49. The monoisotopic (exact) mass is 269 g/mol. The summed E-state index contributed by atoms with van der Waals surface area (Å²) in [5.74, 6) is -0.167. The Hall–Kier alpha value is -1.14. The molecule has 0 spiro atoms. The van der Waals surface area contributed by atoms with Crippen molar-refractivity contribution in [3.8, 4) is 0 Å². The zero-order chi connectivity index (χ0) is 13.7. The molecule has 1 heterocycles. The van der Waals surface area contributed by atoms with Gasteiger partial charge in [0.15, 0.2) is 0 Å². The molecule has 0 aromatic carbocycles. The Bertz CT molecular complexity index is 331. The highest BCUT2D eigenvalue weighted by atomic mass is 16.5. The summed E-state index contributed by atoms with van der Waals surface area (Å²) in [5.41, 5.74) is -0.486. The van der Waals surface area contributed by atoms with Crippen LogP contribution >= 0.6 is 0 Å². The molecule has 0 aromatic heterocycles. The molecule has 6 heteroatoms. The Morgan fingerprint density at radius 2 is 2.00 bits per heavy atom. The zero-order valence-electron chi connectivity index (χ0n) is 11.5. The maximum Gasteiger partial charge on any atom is 0.239 e. The second-order valence-corrected chi connectivity index (χ2v) is 5.49. The Morgan fingerprint density at radius 3 is 2.58 bits per heavy atom. The highest BCUT2D eigenvalue weighted by molar-refractivity contribution is 5.88. The number of nitrogens with one attached hydrogen (secondary N) is 3. The number of hydrogen-bond donors (Lipinski definition) is 3. The van der Waals surface area contributed by atoms with Gasteiger partial charge in [0.05, 0.1) is 18.6 Å². The quantitative estimate of drug-likeness (QED) is 0.601. The third-order valence-corrected chi connectivity index (χ3v) is 3.81. The number of methoxy groups -OCH3 is 1. The van der Waals surface area contributed by atoms with E-state index in [2.05, 4.69) is 16.0 Å². The van der Waals surface area contributed by atoms with E-state index in [0.29, 0.717) is 12.6 Å². The zero-order valence-corrected chi connectivity index (χ0v) is 11.5. The normalized spacial score (nSPS) is 21.7. The van der Waals surface area contributed by atoms with E-state index in [0.717, 1.165) is 38.8 Å². The summed E-state index contributed by atoms with van der Waals surface area (Å²) < 4.78 is 5.20. The fraction of sp³-hybridized carbons (Fsp3) is 0.846. The van der Waals surface area contributed by atoms with E-state index in [1.807, 2.05) is 0 Å². The molecule has 0 unspecified atom stereocenters. The van der Waals surface area contributed by atoms with E-state index in [4.69, 9.17) is 4.74 Å². The maximum atomic E-state index is 12.3. The van der Waals surface area contributed by atoms with Crippen LogP contribution in [0.2, 0.25) is 0 Å². The average molecular weight is 269 g/mol. The van der Waals surface area contributed by atoms with Gasteiger partial charge in [-0.3, -0.25) is 9.59 Å². The predicted octanol–water partition coefficient (Wildman–Crippen LogP) is -0.603. The van der Waals surface area contributed by atoms with Gasteiger partial charge in [-0.05, 0) is 38.8 Å². The van der Waals surface area contributed by atoms with Crippen molar-refractivity contribution >= 4 is 11.8 Å². The second kappa shape index (κ2) is 6.34. The van der Waals surface area contributed by atoms with Crippen molar-refractivity contribution in [2.75, 3.05) is 33.4 Å². The van der Waals surface area contributed by atoms with Crippen molar-refractivity contribution in [1.82, 2.24) is 16.0 Å². The molecule has 19 heavy (non-hydrogen) atoms. The van der Waals surface area contributed by atoms with E-state index in [9.17, 15) is 9.59 Å². The van der Waals surface area contributed by atoms with Crippen molar-refractivity contribution in [1.29, 1.82) is 0 Å². The molecule has 0 bridgehead atoms. The van der Waals surface area contributed by atoms with Crippen LogP contribution in [0.5, 0.6) is 0 Å². The van der Waals surface area contributed by atoms with Crippen LogP contribution in [0.4, 0.5) is 0 Å². The van der Waals surface area contributed by atoms with Crippen LogP contribution in [0, 0.1) is 5.41 Å². The van der Waals surface area contributed by atoms with E-state index in [1.54, 1.807) is 7.11 Å². The molecule has 108 valence electrons. The third-order valence-electron chi connectivity index (χ3n) is 3.81. The van der Waals surface area contributed by atoms with E-state index in [1.165, 1.54) is 0 Å². The molecular weight excluding hydrogens is 246 g/mol. The first kappa shape index (κ1) is 14.3. The fourth-order valence-corrected chi connectivity index (χ4v) is 2.47. The van der Waals surface area contributed by atoms with E-state index < -0.39 is 5.41 Å². The van der Waals surface area contributed by atoms with Gasteiger partial charge < -0.3 is 20.7 Å². The Balaban J connectivity index is 1.82. The summed E-state index contributed by atoms with van der Waals surface area (Å²) in [5, 5.41) is 8.85. The largest absolute Gasteiger partial charge is 0.384 e. The van der Waals surface area contributed by atoms with Gasteiger partial charge in [-0.2, -0.15) is 0 Å². The number of amides is 2. The standard InChI is InChI=1S/C13H23N3O3/c1-19-9-13(4-6-14-7-5-13)12(18)15-8-11(17)16-10-2-3-10/h10,14H,2-9H2,1H3,(H,15,18)(H,16,17). The highest BCUT2D eigenvalue weighted by Crippen LogP contribution is 2.29. The molecule has 2 fully saturated rings. The number of hydrogen-bond acceptors (Lipinski definition) is 4. The smallest absolute Gasteiger partial charge is 0.239 e. The Morgan fingerprint density at radius 1 is 1.32 bits per heavy atom. The molecule has 2 aliphatic rings. The number of carbonyl (C=O) groups excluding carboxylic acids is 2. The van der Waals surface area contributed by atoms with Gasteiger partial charge in [0.2, 0.25) is 11.8 Å². The molecular formula is C13H23N3O3. The maximum absolute atomic E-state index is 12.3. The summed E-state index contributed by atoms with van der Waals surface area (Å²) in [4.78, 5) is 23.9. The number of ether oxygens (including phenoxy) is 1. The van der Waals surface area contributed by atoms with Crippen molar-refractivity contribution in [2.24, 2.45) is 5.41 Å². The van der Waals surface area contributed by atoms with Gasteiger partial charge in [-0.1, -0.05) is 0 Å². The van der Waals surface area contributed by atoms with Gasteiger partial charge in [0, 0.05) is 13.2 Å². The predicted molar refractivity (Wildman–Crippen MR) is 70.6 cm³/mol. The SMILES string of the molecule is COCC1(C(=O)NCC(=O)NC2CC2)CCNCC1. The first-order valence-corrected chi connectivity index (χ1v) is 6.94. The van der Waals surface area contributed by atoms with Crippen LogP contribution in [0.25, 0.3) is 0 Å². The third kappa shape index (κ3) is 3.91. The molecule has 0 radical (unpaired) electrons. The topological polar surface area (TPSA) is 79.5 Å². The van der Waals surface area contributed by atoms with Crippen molar-refractivity contribution in [2.45, 2.75) is 31.7 Å². The van der Waals surface area contributed by atoms with Gasteiger partial charge in [-0.25, -0.2) is 0 Å². The summed E-state index contributed by atoms with van der Waals surface area (Å²) in [7, 11) is 1.61. The summed E-state index contributed by atoms with van der Waals surface area (Å²) in [6, 6.07) is 0.330. The lowest BCUT2D eigenvalue weighted by atomic mass is 9.78. The van der Waals surface area contributed by atoms with Crippen LogP contribution < -0.4 is 16.0 Å². The molecule has 0 atom stereocenters. The minimum atomic E-state index is -0.486. The highest BCUT2D eigenvalue weighted by Gasteiger charge is 2.39. The van der Waals surface area contributed by atoms with Crippen LogP contribution in [0.3, 0.4) is 0 Å². The van der Waals surface area contributed by atoms with Crippen molar-refractivity contribution < 1.29 is 14.3 Å². The molecule has 1 aliphatic carbocycles. The van der Waals surface area contributed by atoms with Gasteiger partial charge in [0.25, 0.3) is 0 Å². The first-order chi connectivity index (χ1) is 9.16. The average Bonchev–Trinajstić information content (AvgIpc) is 3.21. The number of carbonyl (C=O) groups is 2. The van der Waals surface area contributed by atoms with Gasteiger partial charge in [-0.15, -0.1) is 0 Å². The number of piperidine rings is 1. The minimum Gasteiger partial charge on any atom is -0.384 e. The van der Waals surface area contributed by atoms with Crippen molar-refractivity contribution in [3.05, 3.63) is 0 Å². The van der Waals surface area contributed by atoms with Crippen LogP contribution in [0.1, 0.15) is 25.7 Å². The summed E-state index contributed by atoms with van der Waals surface area (Å²) >= 11 is 0. The molecule has 3 N–H and O–H groups in total. The fourth-order valence-electron chi connectivity index (χ4n) is 2.47. The number of rotatable bonds is 6. The van der Waals surface area contributed by atoms with Gasteiger partial charge in [0.1, 0.15) is 0 Å². The Kier molecular flexibility index (Phi) is 4.76. The molecule has 1 saturated carbocycles. The molecule has 0 aromatic rings. The molecule has 2 amide bonds. The lowest BCUT2D eigenvalue weighted by molar-refractivity contribution is -0.137. The molecule has 1 saturated heterocycles. The van der Waals surface area contributed by atoms with Crippen LogP contribution in [-0.4, -0.2) is 51.2 Å². The van der Waals surface area contributed by atoms with E-state index >= 15 is 0 Å². The van der Waals surface area contributed by atoms with Gasteiger partial charge >= 0.3 is 0 Å². The molecule has 6 nitrogen and oxygen atoms in total. The molecule has 2 rings (SSSR count). The van der Waals surface area contributed by atoms with Crippen LogP contribution in [0.15, 0.2) is 0 Å². The lowest BCUT2D eigenvalue weighted by Gasteiger charge is -2.35. The summed E-state index contributed by atoms with van der Waals surface area (Å²) in [6.45, 7) is 2.09.